The molecule has 1 aliphatic rings. The summed E-state index contributed by atoms with van der Waals surface area (Å²) in [7, 11) is 2.09. The summed E-state index contributed by atoms with van der Waals surface area (Å²) in [6.07, 6.45) is 1.78. The van der Waals surface area contributed by atoms with Crippen LogP contribution in [0, 0.1) is 0 Å². The van der Waals surface area contributed by atoms with Gasteiger partial charge in [0.25, 0.3) is 5.91 Å². The van der Waals surface area contributed by atoms with Crippen LogP contribution in [0.1, 0.15) is 21.9 Å². The van der Waals surface area contributed by atoms with Crippen LogP contribution in [0.4, 0.5) is 0 Å². The van der Waals surface area contributed by atoms with Gasteiger partial charge in [-0.25, -0.2) is 4.98 Å². The van der Waals surface area contributed by atoms with E-state index in [1.807, 2.05) is 10.3 Å². The largest absolute Gasteiger partial charge is 0.336 e. The van der Waals surface area contributed by atoms with Crippen molar-refractivity contribution in [1.82, 2.24) is 14.8 Å². The molecule has 0 spiro atoms. The van der Waals surface area contributed by atoms with Gasteiger partial charge in [-0.15, -0.1) is 11.3 Å². The lowest BCUT2D eigenvalue weighted by molar-refractivity contribution is 0.0757. The van der Waals surface area contributed by atoms with E-state index in [0.717, 1.165) is 44.0 Å². The van der Waals surface area contributed by atoms with E-state index in [4.69, 9.17) is 5.73 Å². The lowest BCUT2D eigenvalue weighted by Crippen LogP contribution is -2.34. The molecule has 5 nitrogen and oxygen atoms in total. The van der Waals surface area contributed by atoms with E-state index in [2.05, 4.69) is 16.9 Å². The first-order valence-corrected chi connectivity index (χ1v) is 7.21. The van der Waals surface area contributed by atoms with Gasteiger partial charge in [-0.2, -0.15) is 0 Å². The number of amides is 1. The summed E-state index contributed by atoms with van der Waals surface area (Å²) >= 11 is 1.52. The number of likely N-dealkylation sites (N-methyl/N-ethyl adjacent to an activating group) is 1. The Kier molecular flexibility index (Phi) is 4.68. The molecule has 0 unspecified atom stereocenters. The van der Waals surface area contributed by atoms with Crippen molar-refractivity contribution < 1.29 is 4.79 Å². The number of aromatic nitrogens is 1. The number of thiazole rings is 1. The number of carbonyl (C=O) groups is 1. The van der Waals surface area contributed by atoms with Gasteiger partial charge in [0.15, 0.2) is 0 Å². The molecule has 1 aromatic heterocycles. The molecule has 1 amide bonds. The molecular formula is C12H20N4OS. The summed E-state index contributed by atoms with van der Waals surface area (Å²) in [6, 6.07) is 0. The fourth-order valence-electron chi connectivity index (χ4n) is 2.06. The second-order valence-corrected chi connectivity index (χ2v) is 5.56. The fourth-order valence-corrected chi connectivity index (χ4v) is 2.85. The summed E-state index contributed by atoms with van der Waals surface area (Å²) in [5.74, 6) is 0.0600. The van der Waals surface area contributed by atoms with E-state index in [-0.39, 0.29) is 5.91 Å². The highest BCUT2D eigenvalue weighted by atomic mass is 32.1. The van der Waals surface area contributed by atoms with Crippen molar-refractivity contribution in [2.45, 2.75) is 12.8 Å². The molecule has 1 aliphatic heterocycles. The lowest BCUT2D eigenvalue weighted by Gasteiger charge is -2.19. The van der Waals surface area contributed by atoms with Crippen LogP contribution in [-0.2, 0) is 6.42 Å². The van der Waals surface area contributed by atoms with Crippen LogP contribution < -0.4 is 5.73 Å². The average Bonchev–Trinajstić information content (AvgIpc) is 2.71. The molecule has 2 rings (SSSR count). The summed E-state index contributed by atoms with van der Waals surface area (Å²) in [5, 5.41) is 2.80. The fraction of sp³-hybridized carbons (Fsp3) is 0.667. The molecule has 1 saturated heterocycles. The van der Waals surface area contributed by atoms with Gasteiger partial charge in [-0.3, -0.25) is 4.79 Å². The standard InChI is InChI=1S/C12H20N4OS/c1-15-5-2-6-16(8-7-15)12(17)10-9-18-11(14-10)3-4-13/h9H,2-8,13H2,1H3. The molecule has 100 valence electrons. The Labute approximate surface area is 112 Å². The van der Waals surface area contributed by atoms with Gasteiger partial charge in [-0.1, -0.05) is 0 Å². The molecule has 6 heteroatoms. The Balaban J connectivity index is 2.00. The highest BCUT2D eigenvalue weighted by molar-refractivity contribution is 7.09. The predicted molar refractivity (Wildman–Crippen MR) is 72.9 cm³/mol. The Hall–Kier alpha value is -0.980. The number of nitrogens with zero attached hydrogens (tertiary/aromatic N) is 3. The van der Waals surface area contributed by atoms with Gasteiger partial charge in [0.1, 0.15) is 5.69 Å². The lowest BCUT2D eigenvalue weighted by atomic mass is 10.3. The van der Waals surface area contributed by atoms with Crippen LogP contribution in [0.25, 0.3) is 0 Å². The Morgan fingerprint density at radius 3 is 3.06 bits per heavy atom. The number of hydrogen-bond donors (Lipinski definition) is 1. The van der Waals surface area contributed by atoms with E-state index in [0.29, 0.717) is 12.2 Å². The number of hydrogen-bond acceptors (Lipinski definition) is 5. The first-order chi connectivity index (χ1) is 8.70. The minimum absolute atomic E-state index is 0.0600. The van der Waals surface area contributed by atoms with Crippen molar-refractivity contribution >= 4 is 17.2 Å². The van der Waals surface area contributed by atoms with Gasteiger partial charge in [0.2, 0.25) is 0 Å². The minimum Gasteiger partial charge on any atom is -0.336 e. The minimum atomic E-state index is 0.0600. The summed E-state index contributed by atoms with van der Waals surface area (Å²) in [4.78, 5) is 20.8. The summed E-state index contributed by atoms with van der Waals surface area (Å²) in [6.45, 7) is 4.19. The molecule has 0 bridgehead atoms. The molecule has 0 aromatic carbocycles. The molecule has 0 atom stereocenters. The third-order valence-electron chi connectivity index (χ3n) is 3.14. The highest BCUT2D eigenvalue weighted by Crippen LogP contribution is 2.13. The van der Waals surface area contributed by atoms with Gasteiger partial charge in [-0.05, 0) is 26.6 Å². The Bertz CT molecular complexity index is 407. The summed E-state index contributed by atoms with van der Waals surface area (Å²) in [5.41, 5.74) is 6.07. The number of carbonyl (C=O) groups excluding carboxylic acids is 1. The van der Waals surface area contributed by atoms with Crippen molar-refractivity contribution in [1.29, 1.82) is 0 Å². The van der Waals surface area contributed by atoms with Crippen LogP contribution in [0.5, 0.6) is 0 Å². The molecule has 1 aromatic rings. The van der Waals surface area contributed by atoms with Crippen molar-refractivity contribution in [3.05, 3.63) is 16.1 Å². The predicted octanol–water partition coefficient (Wildman–Crippen LogP) is 0.422. The van der Waals surface area contributed by atoms with E-state index in [9.17, 15) is 4.79 Å². The zero-order chi connectivity index (χ0) is 13.0. The number of rotatable bonds is 3. The first kappa shape index (κ1) is 13.5. The zero-order valence-corrected chi connectivity index (χ0v) is 11.6. The Morgan fingerprint density at radius 1 is 1.44 bits per heavy atom. The van der Waals surface area contributed by atoms with Gasteiger partial charge < -0.3 is 15.5 Å². The molecule has 2 heterocycles. The SMILES string of the molecule is CN1CCCN(C(=O)c2csc(CCN)n2)CC1. The monoisotopic (exact) mass is 268 g/mol. The highest BCUT2D eigenvalue weighted by Gasteiger charge is 2.20. The quantitative estimate of drug-likeness (QED) is 0.863. The maximum absolute atomic E-state index is 12.3. The van der Waals surface area contributed by atoms with Crippen LogP contribution in [0.2, 0.25) is 0 Å². The first-order valence-electron chi connectivity index (χ1n) is 6.33. The summed E-state index contributed by atoms with van der Waals surface area (Å²) < 4.78 is 0. The zero-order valence-electron chi connectivity index (χ0n) is 10.8. The molecule has 2 N–H and O–H groups in total. The van der Waals surface area contributed by atoms with Gasteiger partial charge in [0, 0.05) is 31.4 Å². The van der Waals surface area contributed by atoms with Crippen molar-refractivity contribution in [3.63, 3.8) is 0 Å². The van der Waals surface area contributed by atoms with E-state index >= 15 is 0 Å². The third-order valence-corrected chi connectivity index (χ3v) is 4.04. The third kappa shape index (κ3) is 3.28. The Morgan fingerprint density at radius 2 is 2.28 bits per heavy atom. The van der Waals surface area contributed by atoms with Crippen molar-refractivity contribution in [3.8, 4) is 0 Å². The van der Waals surface area contributed by atoms with Crippen LogP contribution in [0.3, 0.4) is 0 Å². The van der Waals surface area contributed by atoms with Crippen molar-refractivity contribution in [2.24, 2.45) is 5.73 Å². The van der Waals surface area contributed by atoms with E-state index in [1.54, 1.807) is 0 Å². The van der Waals surface area contributed by atoms with E-state index in [1.165, 1.54) is 11.3 Å². The normalized spacial score (nSPS) is 17.8. The molecule has 18 heavy (non-hydrogen) atoms. The van der Waals surface area contributed by atoms with Crippen molar-refractivity contribution in [2.75, 3.05) is 39.8 Å². The molecule has 0 aliphatic carbocycles. The van der Waals surface area contributed by atoms with Crippen LogP contribution in [0.15, 0.2) is 5.38 Å². The maximum atomic E-state index is 12.3. The van der Waals surface area contributed by atoms with Gasteiger partial charge in [0.05, 0.1) is 5.01 Å². The smallest absolute Gasteiger partial charge is 0.273 e. The topological polar surface area (TPSA) is 62.5 Å². The molecular weight excluding hydrogens is 248 g/mol. The average molecular weight is 268 g/mol. The second-order valence-electron chi connectivity index (χ2n) is 4.61. The molecule has 1 fully saturated rings. The van der Waals surface area contributed by atoms with Crippen LogP contribution in [-0.4, -0.2) is 60.5 Å². The second kappa shape index (κ2) is 6.26. The van der Waals surface area contributed by atoms with E-state index < -0.39 is 0 Å². The maximum Gasteiger partial charge on any atom is 0.273 e. The molecule has 0 saturated carbocycles. The number of nitrogens with two attached hydrogens (primary N) is 1. The molecule has 0 radical (unpaired) electrons. The van der Waals surface area contributed by atoms with Crippen LogP contribution >= 0.6 is 11.3 Å². The van der Waals surface area contributed by atoms with Gasteiger partial charge >= 0.3 is 0 Å².